The molecular formula is C26H21FN2O4S. The van der Waals surface area contributed by atoms with Crippen molar-refractivity contribution in [1.29, 1.82) is 0 Å². The number of esters is 1. The number of rotatable bonds is 5. The summed E-state index contributed by atoms with van der Waals surface area (Å²) in [5.41, 5.74) is 1.57. The molecule has 0 saturated carbocycles. The highest BCUT2D eigenvalue weighted by molar-refractivity contribution is 7.99. The second-order valence-corrected chi connectivity index (χ2v) is 9.13. The number of aromatic nitrogens is 1. The lowest BCUT2D eigenvalue weighted by Gasteiger charge is -2.24. The van der Waals surface area contributed by atoms with Gasteiger partial charge < -0.3 is 14.2 Å². The molecule has 0 N–H and O–H groups in total. The molecule has 1 aromatic heterocycles. The number of thioether (sulfide) groups is 1. The van der Waals surface area contributed by atoms with E-state index < -0.39 is 18.0 Å². The lowest BCUT2D eigenvalue weighted by molar-refractivity contribution is -0.152. The number of ether oxygens (including phenoxy) is 1. The number of amides is 1. The zero-order valence-corrected chi connectivity index (χ0v) is 19.0. The highest BCUT2D eigenvalue weighted by Gasteiger charge is 2.32. The molecule has 172 valence electrons. The Morgan fingerprint density at radius 3 is 2.24 bits per heavy atom. The molecule has 1 aliphatic rings. The average Bonchev–Trinajstić information content (AvgIpc) is 3.35. The van der Waals surface area contributed by atoms with Crippen LogP contribution in [0.2, 0.25) is 0 Å². The minimum Gasteiger partial charge on any atom is -0.454 e. The summed E-state index contributed by atoms with van der Waals surface area (Å²) in [6, 6.07) is 20.5. The van der Waals surface area contributed by atoms with E-state index in [0.29, 0.717) is 39.7 Å². The molecule has 1 atom stereocenters. The Balaban J connectivity index is 1.34. The van der Waals surface area contributed by atoms with Crippen LogP contribution in [0.1, 0.15) is 10.9 Å². The van der Waals surface area contributed by atoms with E-state index >= 15 is 0 Å². The van der Waals surface area contributed by atoms with Crippen LogP contribution in [0.4, 0.5) is 4.39 Å². The summed E-state index contributed by atoms with van der Waals surface area (Å²) in [6.45, 7) is -0.129. The first-order valence-corrected chi connectivity index (χ1v) is 11.9. The van der Waals surface area contributed by atoms with Crippen LogP contribution in [0.25, 0.3) is 21.8 Å². The van der Waals surface area contributed by atoms with Gasteiger partial charge in [-0.25, -0.2) is 4.39 Å². The number of carbonyl (C=O) groups is 2. The van der Waals surface area contributed by atoms with Gasteiger partial charge in [-0.2, -0.15) is 0 Å². The number of pyridine rings is 1. The van der Waals surface area contributed by atoms with Crippen molar-refractivity contribution in [2.24, 2.45) is 0 Å². The molecule has 1 amide bonds. The first kappa shape index (κ1) is 22.2. The fourth-order valence-electron chi connectivity index (χ4n) is 4.31. The maximum atomic E-state index is 14.3. The summed E-state index contributed by atoms with van der Waals surface area (Å²) >= 11 is 1.48. The third-order valence-electron chi connectivity index (χ3n) is 5.91. The van der Waals surface area contributed by atoms with Crippen LogP contribution in [0.15, 0.2) is 77.6 Å². The molecule has 4 aromatic rings. The first-order valence-electron chi connectivity index (χ1n) is 10.9. The van der Waals surface area contributed by atoms with E-state index in [1.165, 1.54) is 17.8 Å². The molecule has 2 heterocycles. The lowest BCUT2D eigenvalue weighted by atomic mass is 10.1. The van der Waals surface area contributed by atoms with Crippen LogP contribution in [0.5, 0.6) is 0 Å². The predicted molar refractivity (Wildman–Crippen MR) is 130 cm³/mol. The molecule has 0 spiro atoms. The van der Waals surface area contributed by atoms with E-state index in [2.05, 4.69) is 0 Å². The van der Waals surface area contributed by atoms with Gasteiger partial charge in [0, 0.05) is 28.6 Å². The summed E-state index contributed by atoms with van der Waals surface area (Å²) in [5.74, 6) is -0.662. The van der Waals surface area contributed by atoms with Gasteiger partial charge in [-0.1, -0.05) is 42.5 Å². The second-order valence-electron chi connectivity index (χ2n) is 7.94. The fraction of sp³-hybridized carbons (Fsp3) is 0.192. The number of hydrogen-bond donors (Lipinski definition) is 0. The standard InChI is InChI=1S/C26H21FN2O4S/c27-20-10-4-1-7-17(20)26-28(13-14-34-26)23(30)16-33-24(31)15-29-21-11-5-2-8-18(21)25(32)19-9-3-6-12-22(19)29/h1-12,26H,13-16H2. The summed E-state index contributed by atoms with van der Waals surface area (Å²) in [5, 5.41) is 0.568. The molecule has 34 heavy (non-hydrogen) atoms. The van der Waals surface area contributed by atoms with Crippen LogP contribution >= 0.6 is 11.8 Å². The van der Waals surface area contributed by atoms with Crippen molar-refractivity contribution < 1.29 is 18.7 Å². The van der Waals surface area contributed by atoms with E-state index in [0.717, 1.165) is 0 Å². The van der Waals surface area contributed by atoms with Gasteiger partial charge in [0.05, 0.1) is 11.0 Å². The van der Waals surface area contributed by atoms with Gasteiger partial charge in [0.1, 0.15) is 17.7 Å². The van der Waals surface area contributed by atoms with Gasteiger partial charge in [0.15, 0.2) is 12.0 Å². The Labute approximate surface area is 198 Å². The van der Waals surface area contributed by atoms with Crippen LogP contribution in [0.3, 0.4) is 0 Å². The maximum Gasteiger partial charge on any atom is 0.326 e. The number of fused-ring (bicyclic) bond motifs is 2. The Morgan fingerprint density at radius 2 is 1.56 bits per heavy atom. The normalized spacial score (nSPS) is 15.7. The molecule has 6 nitrogen and oxygen atoms in total. The zero-order chi connectivity index (χ0) is 23.7. The first-order chi connectivity index (χ1) is 16.5. The molecular weight excluding hydrogens is 455 g/mol. The van der Waals surface area contributed by atoms with Crippen molar-refractivity contribution in [1.82, 2.24) is 9.47 Å². The van der Waals surface area contributed by atoms with Crippen LogP contribution in [-0.2, 0) is 20.9 Å². The van der Waals surface area contributed by atoms with Crippen LogP contribution < -0.4 is 5.43 Å². The Bertz CT molecular complexity index is 1410. The molecule has 1 aliphatic heterocycles. The van der Waals surface area contributed by atoms with Crippen LogP contribution in [-0.4, -0.2) is 40.2 Å². The fourth-order valence-corrected chi connectivity index (χ4v) is 5.60. The summed E-state index contributed by atoms with van der Waals surface area (Å²) in [6.07, 6.45) is 0. The summed E-state index contributed by atoms with van der Waals surface area (Å²) < 4.78 is 21.3. The van der Waals surface area contributed by atoms with Crippen molar-refractivity contribution in [3.8, 4) is 0 Å². The largest absolute Gasteiger partial charge is 0.454 e. The Kier molecular flexibility index (Phi) is 6.06. The van der Waals surface area contributed by atoms with E-state index in [1.54, 1.807) is 76.2 Å². The topological polar surface area (TPSA) is 68.6 Å². The third-order valence-corrected chi connectivity index (χ3v) is 7.15. The van der Waals surface area contributed by atoms with Crippen molar-refractivity contribution in [2.45, 2.75) is 11.9 Å². The number of carbonyl (C=O) groups excluding carboxylic acids is 2. The Morgan fingerprint density at radius 1 is 0.941 bits per heavy atom. The molecule has 0 radical (unpaired) electrons. The summed E-state index contributed by atoms with van der Waals surface area (Å²) in [7, 11) is 0. The highest BCUT2D eigenvalue weighted by atomic mass is 32.2. The molecule has 1 saturated heterocycles. The molecule has 1 fully saturated rings. The van der Waals surface area contributed by atoms with E-state index in [1.807, 2.05) is 0 Å². The molecule has 5 rings (SSSR count). The van der Waals surface area contributed by atoms with Crippen molar-refractivity contribution in [2.75, 3.05) is 18.9 Å². The second kappa shape index (κ2) is 9.30. The van der Waals surface area contributed by atoms with E-state index in [9.17, 15) is 18.8 Å². The molecule has 0 bridgehead atoms. The smallest absolute Gasteiger partial charge is 0.326 e. The number of benzene rings is 3. The van der Waals surface area contributed by atoms with Crippen molar-refractivity contribution >= 4 is 45.4 Å². The minimum atomic E-state index is -0.596. The maximum absolute atomic E-state index is 14.3. The van der Waals surface area contributed by atoms with E-state index in [4.69, 9.17) is 4.74 Å². The average molecular weight is 477 g/mol. The molecule has 3 aromatic carbocycles. The SMILES string of the molecule is O=C(Cn1c2ccccc2c(=O)c2ccccc21)OCC(=O)N1CCSC1c1ccccc1F. The molecule has 8 heteroatoms. The van der Waals surface area contributed by atoms with Gasteiger partial charge in [-0.15, -0.1) is 11.8 Å². The monoisotopic (exact) mass is 476 g/mol. The van der Waals surface area contributed by atoms with Gasteiger partial charge >= 0.3 is 5.97 Å². The number of hydrogen-bond acceptors (Lipinski definition) is 5. The highest BCUT2D eigenvalue weighted by Crippen LogP contribution is 2.38. The Hall–Kier alpha value is -3.65. The molecule has 0 aliphatic carbocycles. The van der Waals surface area contributed by atoms with Gasteiger partial charge in [0.25, 0.3) is 5.91 Å². The number of para-hydroxylation sites is 2. The third kappa shape index (κ3) is 4.05. The lowest BCUT2D eigenvalue weighted by Crippen LogP contribution is -2.34. The van der Waals surface area contributed by atoms with Crippen molar-refractivity contribution in [3.63, 3.8) is 0 Å². The van der Waals surface area contributed by atoms with Gasteiger partial charge in [-0.05, 0) is 30.3 Å². The van der Waals surface area contributed by atoms with Crippen LogP contribution in [0, 0.1) is 5.82 Å². The quantitative estimate of drug-likeness (QED) is 0.320. The minimum absolute atomic E-state index is 0.100. The zero-order valence-electron chi connectivity index (χ0n) is 18.1. The number of halogens is 1. The number of nitrogens with zero attached hydrogens (tertiary/aromatic N) is 2. The van der Waals surface area contributed by atoms with E-state index in [-0.39, 0.29) is 23.7 Å². The predicted octanol–water partition coefficient (Wildman–Crippen LogP) is 4.11. The molecule has 1 unspecified atom stereocenters. The van der Waals surface area contributed by atoms with Gasteiger partial charge in [0.2, 0.25) is 0 Å². The van der Waals surface area contributed by atoms with Crippen molar-refractivity contribution in [3.05, 3.63) is 94.4 Å². The summed E-state index contributed by atoms with van der Waals surface area (Å²) in [4.78, 5) is 40.0. The van der Waals surface area contributed by atoms with Gasteiger partial charge in [-0.3, -0.25) is 14.4 Å².